The van der Waals surface area contributed by atoms with Gasteiger partial charge in [-0.05, 0) is 85.8 Å². The molecule has 4 aromatic heterocycles. The van der Waals surface area contributed by atoms with Crippen molar-refractivity contribution in [3.8, 4) is 28.7 Å². The quantitative estimate of drug-likeness (QED) is 0.211. The number of methoxy groups -OCH3 is 1. The van der Waals surface area contributed by atoms with E-state index in [0.717, 1.165) is 50.4 Å². The molecule has 0 aliphatic carbocycles. The van der Waals surface area contributed by atoms with Crippen molar-refractivity contribution < 1.29 is 19.1 Å². The summed E-state index contributed by atoms with van der Waals surface area (Å²) in [7, 11) is 1.65. The van der Waals surface area contributed by atoms with Crippen molar-refractivity contribution >= 4 is 28.7 Å². The van der Waals surface area contributed by atoms with E-state index >= 15 is 0 Å². The Morgan fingerprint density at radius 2 is 1.54 bits per heavy atom. The summed E-state index contributed by atoms with van der Waals surface area (Å²) in [5.74, 6) is 7.36. The number of carbonyl (C=O) groups excluding carboxylic acids is 2. The predicted molar refractivity (Wildman–Crippen MR) is 190 cm³/mol. The van der Waals surface area contributed by atoms with Crippen LogP contribution in [0.2, 0.25) is 0 Å². The molecule has 0 N–H and O–H groups in total. The second kappa shape index (κ2) is 13.4. The molecule has 252 valence electrons. The van der Waals surface area contributed by atoms with Gasteiger partial charge in [0.05, 0.1) is 31.4 Å². The van der Waals surface area contributed by atoms with E-state index in [0.29, 0.717) is 38.3 Å². The van der Waals surface area contributed by atoms with Crippen LogP contribution in [0.4, 0.5) is 4.79 Å². The molecular formula is C39H37N7O4. The van der Waals surface area contributed by atoms with Crippen LogP contribution in [0.25, 0.3) is 27.8 Å². The van der Waals surface area contributed by atoms with Crippen molar-refractivity contribution in [3.05, 3.63) is 114 Å². The lowest BCUT2D eigenvalue weighted by Crippen LogP contribution is -2.51. The number of pyridine rings is 2. The number of aromatic nitrogens is 5. The van der Waals surface area contributed by atoms with E-state index in [-0.39, 0.29) is 12.0 Å². The summed E-state index contributed by atoms with van der Waals surface area (Å²) in [6, 6.07) is 21.4. The van der Waals surface area contributed by atoms with Gasteiger partial charge in [-0.15, -0.1) is 0 Å². The third-order valence-corrected chi connectivity index (χ3v) is 8.55. The molecule has 5 heterocycles. The molecule has 2 amide bonds. The first kappa shape index (κ1) is 32.4. The van der Waals surface area contributed by atoms with Crippen molar-refractivity contribution in [3.63, 3.8) is 0 Å². The molecule has 1 saturated heterocycles. The Labute approximate surface area is 290 Å². The Hall–Kier alpha value is -6.15. The average Bonchev–Trinajstić information content (AvgIpc) is 3.74. The normalized spacial score (nSPS) is 13.3. The van der Waals surface area contributed by atoms with Gasteiger partial charge in [0, 0.05) is 49.7 Å². The van der Waals surface area contributed by atoms with Crippen LogP contribution in [0.15, 0.2) is 91.5 Å². The fourth-order valence-electron chi connectivity index (χ4n) is 5.89. The molecule has 0 atom stereocenters. The van der Waals surface area contributed by atoms with Crippen LogP contribution < -0.4 is 4.74 Å². The fourth-order valence-corrected chi connectivity index (χ4v) is 5.89. The Morgan fingerprint density at radius 1 is 0.820 bits per heavy atom. The first-order valence-electron chi connectivity index (χ1n) is 16.5. The highest BCUT2D eigenvalue weighted by atomic mass is 16.6. The summed E-state index contributed by atoms with van der Waals surface area (Å²) in [6.07, 6.45) is 6.99. The Kier molecular flexibility index (Phi) is 8.68. The number of rotatable bonds is 5. The van der Waals surface area contributed by atoms with Gasteiger partial charge in [-0.25, -0.2) is 19.4 Å². The number of hydrogen-bond donors (Lipinski definition) is 0. The maximum Gasteiger partial charge on any atom is 0.410 e. The number of carbonyl (C=O) groups is 2. The molecule has 6 aromatic rings. The second-order valence-electron chi connectivity index (χ2n) is 13.1. The van der Waals surface area contributed by atoms with Crippen molar-refractivity contribution in [1.29, 1.82) is 0 Å². The summed E-state index contributed by atoms with van der Waals surface area (Å²) in [6.45, 7) is 7.91. The van der Waals surface area contributed by atoms with E-state index in [1.54, 1.807) is 35.5 Å². The zero-order valence-electron chi connectivity index (χ0n) is 28.5. The molecule has 50 heavy (non-hydrogen) atoms. The van der Waals surface area contributed by atoms with E-state index in [1.807, 2.05) is 103 Å². The smallest absolute Gasteiger partial charge is 0.410 e. The van der Waals surface area contributed by atoms with Crippen LogP contribution >= 0.6 is 0 Å². The number of hydrogen-bond acceptors (Lipinski definition) is 7. The number of nitrogens with zero attached hydrogens (tertiary/aromatic N) is 7. The highest BCUT2D eigenvalue weighted by Crippen LogP contribution is 2.23. The van der Waals surface area contributed by atoms with Crippen molar-refractivity contribution in [2.45, 2.75) is 32.9 Å². The average molecular weight is 668 g/mol. The molecule has 1 aliphatic rings. The van der Waals surface area contributed by atoms with Gasteiger partial charge < -0.3 is 19.3 Å². The molecule has 11 nitrogen and oxygen atoms in total. The zero-order valence-corrected chi connectivity index (χ0v) is 28.5. The van der Waals surface area contributed by atoms with E-state index in [2.05, 4.69) is 26.9 Å². The van der Waals surface area contributed by atoms with Crippen LogP contribution in [0.1, 0.15) is 48.0 Å². The van der Waals surface area contributed by atoms with Crippen LogP contribution in [0.3, 0.4) is 0 Å². The highest BCUT2D eigenvalue weighted by molar-refractivity contribution is 5.95. The van der Waals surface area contributed by atoms with Crippen LogP contribution in [0.5, 0.6) is 5.75 Å². The number of imidazole rings is 1. The first-order valence-corrected chi connectivity index (χ1v) is 16.5. The van der Waals surface area contributed by atoms with E-state index < -0.39 is 5.60 Å². The van der Waals surface area contributed by atoms with E-state index in [1.165, 1.54) is 0 Å². The number of benzene rings is 2. The minimum Gasteiger partial charge on any atom is -0.497 e. The summed E-state index contributed by atoms with van der Waals surface area (Å²) in [5, 5.41) is 5.47. The third kappa shape index (κ3) is 6.87. The minimum absolute atomic E-state index is 0.0560. The van der Waals surface area contributed by atoms with Crippen molar-refractivity contribution in [2.24, 2.45) is 0 Å². The molecule has 0 unspecified atom stereocenters. The summed E-state index contributed by atoms with van der Waals surface area (Å²) < 4.78 is 14.6. The number of ether oxygens (including phenoxy) is 2. The molecule has 1 aliphatic heterocycles. The maximum atomic E-state index is 13.3. The molecule has 1 fully saturated rings. The molecule has 0 saturated carbocycles. The maximum absolute atomic E-state index is 13.3. The number of fused-ring (bicyclic) bond motifs is 2. The van der Waals surface area contributed by atoms with Crippen molar-refractivity contribution in [1.82, 2.24) is 33.9 Å². The lowest BCUT2D eigenvalue weighted by Gasteiger charge is -2.35. The van der Waals surface area contributed by atoms with Gasteiger partial charge in [-0.2, -0.15) is 5.10 Å². The largest absolute Gasteiger partial charge is 0.497 e. The standard InChI is InChI=1S/C39H37N7O4/c1-39(2,3)50-38(48)44-21-19-43(20-22-44)37(47)30-9-7-28(8-10-30)31-12-16-35-41-23-32(45(35)26-31)13-11-29-17-18-40-36-34(29)24-42-46(36)25-27-5-14-33(49-4)15-6-27/h5-10,12,14-18,23-24,26H,19-22,25H2,1-4H3. The number of amides is 2. The Bertz CT molecular complexity index is 2250. The molecule has 2 aromatic carbocycles. The van der Waals surface area contributed by atoms with E-state index in [9.17, 15) is 9.59 Å². The lowest BCUT2D eigenvalue weighted by molar-refractivity contribution is 0.0141. The van der Waals surface area contributed by atoms with Gasteiger partial charge in [0.25, 0.3) is 5.91 Å². The van der Waals surface area contributed by atoms with Gasteiger partial charge in [0.15, 0.2) is 5.65 Å². The molecule has 0 bridgehead atoms. The van der Waals surface area contributed by atoms with E-state index in [4.69, 9.17) is 9.47 Å². The molecule has 0 radical (unpaired) electrons. The Morgan fingerprint density at radius 3 is 2.26 bits per heavy atom. The second-order valence-corrected chi connectivity index (χ2v) is 13.1. The van der Waals surface area contributed by atoms with Gasteiger partial charge in [-0.1, -0.05) is 30.2 Å². The lowest BCUT2D eigenvalue weighted by atomic mass is 10.0. The van der Waals surface area contributed by atoms with Gasteiger partial charge >= 0.3 is 6.09 Å². The molecule has 11 heteroatoms. The summed E-state index contributed by atoms with van der Waals surface area (Å²) in [5.41, 5.74) is 6.18. The summed E-state index contributed by atoms with van der Waals surface area (Å²) >= 11 is 0. The molecule has 0 spiro atoms. The van der Waals surface area contributed by atoms with Gasteiger partial charge in [0.1, 0.15) is 22.7 Å². The fraction of sp³-hybridized carbons (Fsp3) is 0.256. The molecule has 7 rings (SSSR count). The monoisotopic (exact) mass is 667 g/mol. The van der Waals surface area contributed by atoms with Gasteiger partial charge in [-0.3, -0.25) is 9.20 Å². The Balaban J connectivity index is 1.05. The first-order chi connectivity index (χ1) is 24.1. The predicted octanol–water partition coefficient (Wildman–Crippen LogP) is 5.90. The third-order valence-electron chi connectivity index (χ3n) is 8.55. The van der Waals surface area contributed by atoms with Crippen molar-refractivity contribution in [2.75, 3.05) is 33.3 Å². The van der Waals surface area contributed by atoms with Crippen LogP contribution in [0, 0.1) is 11.8 Å². The van der Waals surface area contributed by atoms with Crippen LogP contribution in [-0.4, -0.2) is 84.8 Å². The number of piperazine rings is 1. The molecular weight excluding hydrogens is 630 g/mol. The topological polar surface area (TPSA) is 107 Å². The van der Waals surface area contributed by atoms with Crippen LogP contribution in [-0.2, 0) is 11.3 Å². The highest BCUT2D eigenvalue weighted by Gasteiger charge is 2.28. The SMILES string of the molecule is COc1ccc(Cn2ncc3c(C#Cc4cnc5ccc(-c6ccc(C(=O)N7CCN(C(=O)OC(C)(C)C)CC7)cc6)cn45)ccnc32)cc1. The van der Waals surface area contributed by atoms with Gasteiger partial charge in [0.2, 0.25) is 0 Å². The zero-order chi connectivity index (χ0) is 34.8. The summed E-state index contributed by atoms with van der Waals surface area (Å²) in [4.78, 5) is 38.2. The minimum atomic E-state index is -0.554.